The van der Waals surface area contributed by atoms with Gasteiger partial charge in [0, 0.05) is 18.0 Å². The van der Waals surface area contributed by atoms with E-state index in [2.05, 4.69) is 11.1 Å². The summed E-state index contributed by atoms with van der Waals surface area (Å²) in [6.45, 7) is 0.902. The lowest BCUT2D eigenvalue weighted by atomic mass is 10.3. The molecule has 0 bridgehead atoms. The summed E-state index contributed by atoms with van der Waals surface area (Å²) in [7, 11) is 3.89. The topological polar surface area (TPSA) is 45.7 Å². The molecule has 1 amide bonds. The van der Waals surface area contributed by atoms with Crippen molar-refractivity contribution in [3.8, 4) is 5.75 Å². The molecule has 2 aromatic carbocycles. The van der Waals surface area contributed by atoms with Gasteiger partial charge in [-0.2, -0.15) is 0 Å². The van der Waals surface area contributed by atoms with E-state index in [0.29, 0.717) is 18.2 Å². The minimum absolute atomic E-state index is 0.0670. The number of ether oxygens (including phenoxy) is 1. The Balaban J connectivity index is 1.81. The van der Waals surface area contributed by atoms with Crippen LogP contribution in [0.15, 0.2) is 47.4 Å². The first kappa shape index (κ1) is 20.6. The van der Waals surface area contributed by atoms with E-state index in [-0.39, 0.29) is 18.3 Å². The first-order valence-electron chi connectivity index (χ1n) is 8.75. The number of likely N-dealkylation sites (N-methyl/N-ethyl adjacent to an activating group) is 1. The normalized spacial score (nSPS) is 11.2. The number of benzene rings is 2. The van der Waals surface area contributed by atoms with E-state index in [1.165, 1.54) is 23.5 Å². The number of thioether (sulfide) groups is 1. The molecule has 0 aliphatic rings. The van der Waals surface area contributed by atoms with Crippen molar-refractivity contribution in [3.05, 3.63) is 48.3 Å². The van der Waals surface area contributed by atoms with E-state index >= 15 is 0 Å². The van der Waals surface area contributed by atoms with Crippen molar-refractivity contribution in [2.45, 2.75) is 4.90 Å². The summed E-state index contributed by atoms with van der Waals surface area (Å²) in [5.41, 5.74) is 0.857. The number of carbonyl (C=O) groups is 1. The second-order valence-corrected chi connectivity index (χ2v) is 8.29. The monoisotopic (exact) mass is 419 g/mol. The smallest absolute Gasteiger partial charge is 0.266 e. The second kappa shape index (κ2) is 9.36. The van der Waals surface area contributed by atoms with Gasteiger partial charge in [-0.3, -0.25) is 9.69 Å². The summed E-state index contributed by atoms with van der Waals surface area (Å²) < 4.78 is 20.2. The van der Waals surface area contributed by atoms with Gasteiger partial charge in [0.15, 0.2) is 23.3 Å². The molecule has 0 spiro atoms. The molecule has 3 rings (SSSR count). The highest BCUT2D eigenvalue weighted by molar-refractivity contribution is 7.98. The predicted molar refractivity (Wildman–Crippen MR) is 114 cm³/mol. The molecule has 0 fully saturated rings. The highest BCUT2D eigenvalue weighted by atomic mass is 32.2. The third kappa shape index (κ3) is 5.01. The third-order valence-electron chi connectivity index (χ3n) is 4.07. The van der Waals surface area contributed by atoms with Gasteiger partial charge in [-0.05, 0) is 50.7 Å². The SMILES string of the molecule is CSc1ccc2nc(N(CCN(C)C)C(=O)COc3ccccc3F)sc2c1. The molecule has 0 saturated heterocycles. The summed E-state index contributed by atoms with van der Waals surface area (Å²) in [6, 6.07) is 12.1. The van der Waals surface area contributed by atoms with Crippen LogP contribution in [0.1, 0.15) is 0 Å². The Morgan fingerprint density at radius 1 is 1.21 bits per heavy atom. The maximum absolute atomic E-state index is 13.8. The number of hydrogen-bond donors (Lipinski definition) is 0. The standard InChI is InChI=1S/C20H22FN3O2S2/c1-23(2)10-11-24(19(25)13-26-17-7-5-4-6-15(17)21)20-22-16-9-8-14(27-3)12-18(16)28-20/h4-9,12H,10-11,13H2,1-3H3. The Labute approximate surface area is 172 Å². The number of fused-ring (bicyclic) bond motifs is 1. The van der Waals surface area contributed by atoms with E-state index in [9.17, 15) is 9.18 Å². The molecule has 3 aromatic rings. The molecule has 1 aromatic heterocycles. The van der Waals surface area contributed by atoms with Crippen LogP contribution in [0, 0.1) is 5.82 Å². The second-order valence-electron chi connectivity index (χ2n) is 6.40. The molecule has 0 radical (unpaired) electrons. The van der Waals surface area contributed by atoms with Crippen LogP contribution in [0.25, 0.3) is 10.2 Å². The number of amides is 1. The largest absolute Gasteiger partial charge is 0.481 e. The van der Waals surface area contributed by atoms with Crippen LogP contribution in [-0.4, -0.2) is 55.8 Å². The molecule has 1 heterocycles. The van der Waals surface area contributed by atoms with Crippen LogP contribution >= 0.6 is 23.1 Å². The van der Waals surface area contributed by atoms with Crippen LogP contribution in [-0.2, 0) is 4.79 Å². The maximum atomic E-state index is 13.8. The van der Waals surface area contributed by atoms with E-state index in [0.717, 1.165) is 15.1 Å². The Morgan fingerprint density at radius 3 is 2.71 bits per heavy atom. The number of nitrogens with zero attached hydrogens (tertiary/aromatic N) is 3. The highest BCUT2D eigenvalue weighted by Gasteiger charge is 2.21. The van der Waals surface area contributed by atoms with Gasteiger partial charge in [-0.25, -0.2) is 9.37 Å². The zero-order valence-corrected chi connectivity index (χ0v) is 17.6. The van der Waals surface area contributed by atoms with Crippen molar-refractivity contribution in [2.24, 2.45) is 0 Å². The lowest BCUT2D eigenvalue weighted by Crippen LogP contribution is -2.39. The zero-order chi connectivity index (χ0) is 20.1. The maximum Gasteiger partial charge on any atom is 0.266 e. The molecular weight excluding hydrogens is 397 g/mol. The van der Waals surface area contributed by atoms with Crippen LogP contribution in [0.4, 0.5) is 9.52 Å². The fourth-order valence-electron chi connectivity index (χ4n) is 2.54. The summed E-state index contributed by atoms with van der Waals surface area (Å²) in [6.07, 6.45) is 2.02. The van der Waals surface area contributed by atoms with Gasteiger partial charge in [0.25, 0.3) is 5.91 Å². The molecule has 8 heteroatoms. The zero-order valence-electron chi connectivity index (χ0n) is 16.0. The Kier molecular flexibility index (Phi) is 6.88. The van der Waals surface area contributed by atoms with Crippen LogP contribution in [0.5, 0.6) is 5.75 Å². The number of thiazole rings is 1. The fraction of sp³-hybridized carbons (Fsp3) is 0.300. The van der Waals surface area contributed by atoms with Gasteiger partial charge in [-0.15, -0.1) is 11.8 Å². The Bertz CT molecular complexity index is 962. The Morgan fingerprint density at radius 2 is 2.00 bits per heavy atom. The number of carbonyl (C=O) groups excluding carboxylic acids is 1. The van der Waals surface area contributed by atoms with Gasteiger partial charge >= 0.3 is 0 Å². The van der Waals surface area contributed by atoms with Crippen LogP contribution in [0.3, 0.4) is 0 Å². The fourth-order valence-corrected chi connectivity index (χ4v) is 4.10. The van der Waals surface area contributed by atoms with Gasteiger partial charge in [-0.1, -0.05) is 23.5 Å². The van der Waals surface area contributed by atoms with Crippen molar-refractivity contribution >= 4 is 44.4 Å². The number of para-hydroxylation sites is 1. The first-order valence-corrected chi connectivity index (χ1v) is 10.8. The average Bonchev–Trinajstić information content (AvgIpc) is 3.09. The van der Waals surface area contributed by atoms with Crippen molar-refractivity contribution in [1.29, 1.82) is 0 Å². The molecule has 0 atom stereocenters. The van der Waals surface area contributed by atoms with Crippen molar-refractivity contribution in [3.63, 3.8) is 0 Å². The number of halogens is 1. The Hall–Kier alpha value is -2.16. The van der Waals surface area contributed by atoms with Gasteiger partial charge in [0.2, 0.25) is 0 Å². The molecule has 148 valence electrons. The molecular formula is C20H22FN3O2S2. The van der Waals surface area contributed by atoms with Crippen molar-refractivity contribution in [2.75, 3.05) is 44.9 Å². The summed E-state index contributed by atoms with van der Waals surface area (Å²) >= 11 is 3.14. The van der Waals surface area contributed by atoms with Crippen molar-refractivity contribution in [1.82, 2.24) is 9.88 Å². The van der Waals surface area contributed by atoms with Crippen LogP contribution < -0.4 is 9.64 Å². The van der Waals surface area contributed by atoms with E-state index in [1.807, 2.05) is 37.4 Å². The first-order chi connectivity index (χ1) is 13.5. The molecule has 0 N–H and O–H groups in total. The molecule has 28 heavy (non-hydrogen) atoms. The summed E-state index contributed by atoms with van der Waals surface area (Å²) in [5, 5.41) is 0.622. The third-order valence-corrected chi connectivity index (χ3v) is 5.84. The molecule has 0 aliphatic heterocycles. The van der Waals surface area contributed by atoms with Crippen LogP contribution in [0.2, 0.25) is 0 Å². The van der Waals surface area contributed by atoms with Gasteiger partial charge < -0.3 is 9.64 Å². The summed E-state index contributed by atoms with van der Waals surface area (Å²) in [5.74, 6) is -0.675. The molecule has 0 saturated carbocycles. The lowest BCUT2D eigenvalue weighted by Gasteiger charge is -2.22. The minimum Gasteiger partial charge on any atom is -0.481 e. The minimum atomic E-state index is -0.486. The quantitative estimate of drug-likeness (QED) is 0.514. The predicted octanol–water partition coefficient (Wildman–Crippen LogP) is 4.13. The average molecular weight is 420 g/mol. The van der Waals surface area contributed by atoms with E-state index in [4.69, 9.17) is 4.74 Å². The summed E-state index contributed by atoms with van der Waals surface area (Å²) in [4.78, 5) is 22.3. The molecule has 0 unspecified atom stereocenters. The molecule has 0 aliphatic carbocycles. The highest BCUT2D eigenvalue weighted by Crippen LogP contribution is 2.31. The number of rotatable bonds is 8. The van der Waals surface area contributed by atoms with Crippen molar-refractivity contribution < 1.29 is 13.9 Å². The van der Waals surface area contributed by atoms with Gasteiger partial charge in [0.1, 0.15) is 0 Å². The van der Waals surface area contributed by atoms with Gasteiger partial charge in [0.05, 0.1) is 10.2 Å². The van der Waals surface area contributed by atoms with E-state index in [1.54, 1.807) is 28.8 Å². The number of hydrogen-bond acceptors (Lipinski definition) is 6. The molecule has 5 nitrogen and oxygen atoms in total. The lowest BCUT2D eigenvalue weighted by molar-refractivity contribution is -0.120. The number of anilines is 1. The van der Waals surface area contributed by atoms with E-state index < -0.39 is 5.82 Å². The number of aromatic nitrogens is 1.